The molecular formula is C19H19Cl2N3. The van der Waals surface area contributed by atoms with Crippen molar-refractivity contribution >= 4 is 52.1 Å². The molecule has 0 saturated heterocycles. The quantitative estimate of drug-likeness (QED) is 0.497. The number of fused-ring (bicyclic) bond motifs is 1. The summed E-state index contributed by atoms with van der Waals surface area (Å²) in [7, 11) is 1.87. The van der Waals surface area contributed by atoms with E-state index in [2.05, 4.69) is 17.1 Å². The van der Waals surface area contributed by atoms with Crippen LogP contribution >= 0.6 is 24.0 Å². The number of hydrogen-bond donors (Lipinski definition) is 1. The fourth-order valence-corrected chi connectivity index (χ4v) is 2.75. The van der Waals surface area contributed by atoms with Gasteiger partial charge >= 0.3 is 0 Å². The summed E-state index contributed by atoms with van der Waals surface area (Å²) in [4.78, 5) is 6.40. The molecule has 5 heteroatoms. The Bertz CT molecular complexity index is 885. The Morgan fingerprint density at radius 2 is 1.75 bits per heavy atom. The monoisotopic (exact) mass is 359 g/mol. The van der Waals surface area contributed by atoms with Crippen molar-refractivity contribution in [3.8, 4) is 0 Å². The van der Waals surface area contributed by atoms with E-state index < -0.39 is 0 Å². The summed E-state index contributed by atoms with van der Waals surface area (Å²) in [6.45, 7) is 2.02. The van der Waals surface area contributed by atoms with Crippen LogP contribution in [0.3, 0.4) is 0 Å². The maximum Gasteiger partial charge on any atom is 0.200 e. The molecule has 0 fully saturated rings. The molecule has 3 rings (SSSR count). The van der Waals surface area contributed by atoms with E-state index in [1.165, 1.54) is 0 Å². The van der Waals surface area contributed by atoms with Crippen molar-refractivity contribution in [1.82, 2.24) is 0 Å². The van der Waals surface area contributed by atoms with E-state index >= 15 is 0 Å². The molecular weight excluding hydrogens is 341 g/mol. The van der Waals surface area contributed by atoms with Crippen molar-refractivity contribution in [3.63, 3.8) is 0 Å². The summed E-state index contributed by atoms with van der Waals surface area (Å²) in [5.74, 6) is 0.397. The van der Waals surface area contributed by atoms with Crippen LogP contribution in [0.5, 0.6) is 0 Å². The Balaban J connectivity index is 0.00000208. The maximum atomic E-state index is 6.28. The molecule has 0 unspecified atom stereocenters. The molecule has 0 radical (unpaired) electrons. The zero-order chi connectivity index (χ0) is 16.4. The summed E-state index contributed by atoms with van der Waals surface area (Å²) < 4.78 is 0. The van der Waals surface area contributed by atoms with Gasteiger partial charge in [0.05, 0.1) is 16.4 Å². The molecule has 124 valence electrons. The van der Waals surface area contributed by atoms with Crippen LogP contribution in [0, 0.1) is 6.92 Å². The Labute approximate surface area is 153 Å². The molecule has 0 spiro atoms. The van der Waals surface area contributed by atoms with Crippen molar-refractivity contribution < 1.29 is 0 Å². The van der Waals surface area contributed by atoms with Gasteiger partial charge in [-0.1, -0.05) is 54.1 Å². The lowest BCUT2D eigenvalue weighted by Crippen LogP contribution is -2.33. The molecule has 0 aliphatic carbocycles. The number of halogens is 2. The van der Waals surface area contributed by atoms with Crippen LogP contribution in [0.1, 0.15) is 5.56 Å². The van der Waals surface area contributed by atoms with Crippen LogP contribution in [-0.4, -0.2) is 13.0 Å². The second-order valence-corrected chi connectivity index (χ2v) is 5.89. The average molecular weight is 360 g/mol. The van der Waals surface area contributed by atoms with E-state index in [0.717, 1.165) is 27.7 Å². The Morgan fingerprint density at radius 3 is 2.54 bits per heavy atom. The van der Waals surface area contributed by atoms with Gasteiger partial charge in [-0.2, -0.15) is 0 Å². The molecule has 0 atom stereocenters. The van der Waals surface area contributed by atoms with Crippen molar-refractivity contribution in [2.75, 3.05) is 11.9 Å². The summed E-state index contributed by atoms with van der Waals surface area (Å²) in [6.07, 6.45) is 0. The number of rotatable bonds is 2. The first-order valence-corrected chi connectivity index (χ1v) is 7.76. The van der Waals surface area contributed by atoms with E-state index in [-0.39, 0.29) is 12.4 Å². The normalized spacial score (nSPS) is 11.2. The van der Waals surface area contributed by atoms with E-state index in [4.69, 9.17) is 17.3 Å². The number of anilines is 1. The number of nitrogens with two attached hydrogens (primary N) is 1. The van der Waals surface area contributed by atoms with Crippen LogP contribution in [0.2, 0.25) is 5.02 Å². The molecule has 0 aliphatic rings. The highest BCUT2D eigenvalue weighted by Crippen LogP contribution is 2.28. The van der Waals surface area contributed by atoms with E-state index in [1.54, 1.807) is 4.90 Å². The first kappa shape index (κ1) is 18.1. The number of nitrogens with zero attached hydrogens (tertiary/aromatic N) is 2. The molecule has 2 N–H and O–H groups in total. The number of guanidine groups is 1. The minimum atomic E-state index is 0. The molecule has 24 heavy (non-hydrogen) atoms. The van der Waals surface area contributed by atoms with Gasteiger partial charge in [0.1, 0.15) is 0 Å². The van der Waals surface area contributed by atoms with E-state index in [0.29, 0.717) is 11.0 Å². The topological polar surface area (TPSA) is 41.6 Å². The minimum Gasteiger partial charge on any atom is -0.369 e. The lowest BCUT2D eigenvalue weighted by atomic mass is 10.1. The van der Waals surface area contributed by atoms with Crippen LogP contribution in [0.25, 0.3) is 10.8 Å². The minimum absolute atomic E-state index is 0. The highest BCUT2D eigenvalue weighted by atomic mass is 35.5. The molecule has 0 aromatic heterocycles. The first-order valence-electron chi connectivity index (χ1n) is 7.38. The van der Waals surface area contributed by atoms with Gasteiger partial charge in [0.25, 0.3) is 0 Å². The summed E-state index contributed by atoms with van der Waals surface area (Å²) in [6, 6.07) is 19.9. The van der Waals surface area contributed by atoms with Gasteiger partial charge in [0.2, 0.25) is 5.96 Å². The molecule has 0 aliphatic heterocycles. The third-order valence-electron chi connectivity index (χ3n) is 3.81. The Hall–Kier alpha value is -2.23. The number of aliphatic imine (C=N–C) groups is 1. The SMILES string of the molecule is Cc1ccc(Cl)c(N(C)C(N)=Nc2cccc3ccccc23)c1.Cl. The Morgan fingerprint density at radius 1 is 1.04 bits per heavy atom. The second-order valence-electron chi connectivity index (χ2n) is 5.48. The predicted molar refractivity (Wildman–Crippen MR) is 107 cm³/mol. The van der Waals surface area contributed by atoms with Gasteiger partial charge in [-0.15, -0.1) is 12.4 Å². The van der Waals surface area contributed by atoms with Crippen molar-refractivity contribution in [3.05, 3.63) is 71.2 Å². The molecule has 3 nitrogen and oxygen atoms in total. The standard InChI is InChI=1S/C19H18ClN3.ClH/c1-13-10-11-16(20)18(12-13)23(2)19(21)22-17-9-5-7-14-6-3-4-8-15(14)17;/h3-12H,1-2H3,(H2,21,22);1H. The van der Waals surface area contributed by atoms with Crippen molar-refractivity contribution in [1.29, 1.82) is 0 Å². The smallest absolute Gasteiger partial charge is 0.200 e. The lowest BCUT2D eigenvalue weighted by molar-refractivity contribution is 1.21. The fourth-order valence-electron chi connectivity index (χ4n) is 2.51. The first-order chi connectivity index (χ1) is 11.1. The summed E-state index contributed by atoms with van der Waals surface area (Å²) in [5, 5.41) is 2.86. The van der Waals surface area contributed by atoms with E-state index in [9.17, 15) is 0 Å². The van der Waals surface area contributed by atoms with E-state index in [1.807, 2.05) is 62.5 Å². The molecule has 0 amide bonds. The van der Waals surface area contributed by atoms with Crippen molar-refractivity contribution in [2.45, 2.75) is 6.92 Å². The molecule has 0 saturated carbocycles. The van der Waals surface area contributed by atoms with Crippen LogP contribution < -0.4 is 10.6 Å². The zero-order valence-corrected chi connectivity index (χ0v) is 15.1. The fraction of sp³-hybridized carbons (Fsp3) is 0.105. The third-order valence-corrected chi connectivity index (χ3v) is 4.13. The number of benzene rings is 3. The average Bonchev–Trinajstić information content (AvgIpc) is 2.56. The summed E-state index contributed by atoms with van der Waals surface area (Å²) >= 11 is 6.28. The molecule has 3 aromatic rings. The highest BCUT2D eigenvalue weighted by Gasteiger charge is 2.10. The largest absolute Gasteiger partial charge is 0.369 e. The Kier molecular flexibility index (Phi) is 5.71. The van der Waals surface area contributed by atoms with Gasteiger partial charge in [0, 0.05) is 12.4 Å². The van der Waals surface area contributed by atoms with Crippen molar-refractivity contribution in [2.24, 2.45) is 10.7 Å². The van der Waals surface area contributed by atoms with Gasteiger partial charge < -0.3 is 10.6 Å². The highest BCUT2D eigenvalue weighted by molar-refractivity contribution is 6.33. The lowest BCUT2D eigenvalue weighted by Gasteiger charge is -2.20. The number of hydrogen-bond acceptors (Lipinski definition) is 1. The van der Waals surface area contributed by atoms with Crippen LogP contribution in [0.4, 0.5) is 11.4 Å². The van der Waals surface area contributed by atoms with Gasteiger partial charge in [-0.05, 0) is 36.1 Å². The molecule has 0 heterocycles. The summed E-state index contributed by atoms with van der Waals surface area (Å²) in [5.41, 5.74) is 9.01. The second kappa shape index (κ2) is 7.56. The van der Waals surface area contributed by atoms with Crippen LogP contribution in [-0.2, 0) is 0 Å². The van der Waals surface area contributed by atoms with Gasteiger partial charge in [0.15, 0.2) is 0 Å². The molecule has 3 aromatic carbocycles. The zero-order valence-electron chi connectivity index (χ0n) is 13.5. The van der Waals surface area contributed by atoms with Crippen LogP contribution in [0.15, 0.2) is 65.7 Å². The predicted octanol–water partition coefficient (Wildman–Crippen LogP) is 5.31. The maximum absolute atomic E-state index is 6.28. The van der Waals surface area contributed by atoms with Gasteiger partial charge in [-0.3, -0.25) is 0 Å². The van der Waals surface area contributed by atoms with Gasteiger partial charge in [-0.25, -0.2) is 4.99 Å². The molecule has 0 bridgehead atoms. The third kappa shape index (κ3) is 3.64. The number of aryl methyl sites for hydroxylation is 1.